The van der Waals surface area contributed by atoms with E-state index in [1.807, 2.05) is 0 Å². The Morgan fingerprint density at radius 1 is 0.882 bits per heavy atom. The van der Waals surface area contributed by atoms with Gasteiger partial charge in [0, 0.05) is 6.42 Å². The Kier molecular flexibility index (Phi) is 11.6. The largest absolute Gasteiger partial charge is 0.481 e. The van der Waals surface area contributed by atoms with Crippen molar-refractivity contribution in [3.05, 3.63) is 0 Å². The summed E-state index contributed by atoms with van der Waals surface area (Å²) >= 11 is 0. The molecule has 0 aromatic carbocycles. The summed E-state index contributed by atoms with van der Waals surface area (Å²) in [6.07, 6.45) is 12.6. The molecule has 0 aliphatic rings. The molecule has 0 unspecified atom stereocenters. The molecule has 0 aromatic rings. The van der Waals surface area contributed by atoms with Crippen molar-refractivity contribution in [2.45, 2.75) is 84.5 Å². The summed E-state index contributed by atoms with van der Waals surface area (Å²) in [6, 6.07) is 0. The van der Waals surface area contributed by atoms with Crippen LogP contribution in [0, 0.1) is 5.92 Å². The van der Waals surface area contributed by atoms with Gasteiger partial charge in [-0.2, -0.15) is 0 Å². The minimum atomic E-state index is -0.624. The van der Waals surface area contributed by atoms with E-state index in [4.69, 9.17) is 5.11 Å². The molecular weight excluding hydrogens is 212 g/mol. The number of unbranched alkanes of at least 4 members (excludes halogenated alkanes) is 6. The molecule has 0 aliphatic heterocycles. The lowest BCUT2D eigenvalue weighted by Gasteiger charge is -2.14. The maximum Gasteiger partial charge on any atom is 0.303 e. The molecule has 17 heavy (non-hydrogen) atoms. The zero-order valence-corrected chi connectivity index (χ0v) is 11.7. The van der Waals surface area contributed by atoms with E-state index in [1.54, 1.807) is 0 Å². The lowest BCUT2D eigenvalue weighted by molar-refractivity contribution is -0.138. The Balaban J connectivity index is 3.68. The first kappa shape index (κ1) is 16.5. The molecule has 2 nitrogen and oxygen atoms in total. The summed E-state index contributed by atoms with van der Waals surface area (Å²) in [7, 11) is 0. The summed E-state index contributed by atoms with van der Waals surface area (Å²) < 4.78 is 0. The number of rotatable bonds is 12. The van der Waals surface area contributed by atoms with E-state index in [1.165, 1.54) is 51.4 Å². The van der Waals surface area contributed by atoms with E-state index >= 15 is 0 Å². The van der Waals surface area contributed by atoms with E-state index in [0.29, 0.717) is 12.3 Å². The summed E-state index contributed by atoms with van der Waals surface area (Å²) in [4.78, 5) is 10.8. The number of aliphatic carboxylic acids is 1. The molecule has 0 heterocycles. The molecule has 0 saturated carbocycles. The summed E-state index contributed by atoms with van der Waals surface area (Å²) in [5.41, 5.74) is 0. The van der Waals surface area contributed by atoms with Crippen LogP contribution in [0.5, 0.6) is 0 Å². The second-order valence-corrected chi connectivity index (χ2v) is 5.16. The fourth-order valence-corrected chi connectivity index (χ4v) is 2.31. The SMILES string of the molecule is CCCCCCC(CCCCCC)CC(=O)O. The average molecular weight is 242 g/mol. The summed E-state index contributed by atoms with van der Waals surface area (Å²) in [5.74, 6) is -0.206. The quantitative estimate of drug-likeness (QED) is 0.488. The van der Waals surface area contributed by atoms with E-state index in [-0.39, 0.29) is 0 Å². The molecule has 0 rings (SSSR count). The first-order valence-electron chi connectivity index (χ1n) is 7.42. The van der Waals surface area contributed by atoms with Gasteiger partial charge in [-0.25, -0.2) is 0 Å². The van der Waals surface area contributed by atoms with Crippen LogP contribution in [0.15, 0.2) is 0 Å². The minimum Gasteiger partial charge on any atom is -0.481 e. The highest BCUT2D eigenvalue weighted by Gasteiger charge is 2.12. The molecule has 102 valence electrons. The van der Waals surface area contributed by atoms with Crippen molar-refractivity contribution in [3.63, 3.8) is 0 Å². The molecule has 2 heteroatoms. The maximum absolute atomic E-state index is 10.8. The maximum atomic E-state index is 10.8. The number of hydrogen-bond donors (Lipinski definition) is 1. The van der Waals surface area contributed by atoms with Gasteiger partial charge in [0.1, 0.15) is 0 Å². The van der Waals surface area contributed by atoms with E-state index in [2.05, 4.69) is 13.8 Å². The van der Waals surface area contributed by atoms with Gasteiger partial charge in [-0.15, -0.1) is 0 Å². The van der Waals surface area contributed by atoms with Gasteiger partial charge in [-0.05, 0) is 18.8 Å². The highest BCUT2D eigenvalue weighted by molar-refractivity contribution is 5.66. The van der Waals surface area contributed by atoms with Crippen molar-refractivity contribution < 1.29 is 9.90 Å². The normalized spacial score (nSPS) is 11.0. The number of hydrogen-bond acceptors (Lipinski definition) is 1. The Morgan fingerprint density at radius 2 is 1.35 bits per heavy atom. The van der Waals surface area contributed by atoms with Crippen molar-refractivity contribution in [2.24, 2.45) is 5.92 Å². The molecule has 0 amide bonds. The molecular formula is C15H30O2. The molecule has 0 saturated heterocycles. The molecule has 0 fully saturated rings. The fourth-order valence-electron chi connectivity index (χ4n) is 2.31. The molecule has 0 spiro atoms. The smallest absolute Gasteiger partial charge is 0.303 e. The Hall–Kier alpha value is -0.530. The number of carboxylic acids is 1. The molecule has 0 bridgehead atoms. The summed E-state index contributed by atoms with van der Waals surface area (Å²) in [6.45, 7) is 4.42. The molecule has 0 atom stereocenters. The van der Waals surface area contributed by atoms with Crippen molar-refractivity contribution in [3.8, 4) is 0 Å². The molecule has 0 aromatic heterocycles. The molecule has 0 radical (unpaired) electrons. The third kappa shape index (κ3) is 11.7. The Bertz CT molecular complexity index is 166. The van der Waals surface area contributed by atoms with Crippen molar-refractivity contribution >= 4 is 5.97 Å². The van der Waals surface area contributed by atoms with Crippen LogP contribution in [0.25, 0.3) is 0 Å². The topological polar surface area (TPSA) is 37.3 Å². The monoisotopic (exact) mass is 242 g/mol. The number of carboxylic acid groups (broad SMARTS) is 1. The van der Waals surface area contributed by atoms with Crippen LogP contribution >= 0.6 is 0 Å². The van der Waals surface area contributed by atoms with E-state index in [9.17, 15) is 4.79 Å². The second-order valence-electron chi connectivity index (χ2n) is 5.16. The fraction of sp³-hybridized carbons (Fsp3) is 0.933. The zero-order chi connectivity index (χ0) is 12.9. The lowest BCUT2D eigenvalue weighted by Crippen LogP contribution is -2.08. The van der Waals surface area contributed by atoms with E-state index < -0.39 is 5.97 Å². The van der Waals surface area contributed by atoms with E-state index in [0.717, 1.165) is 12.8 Å². The van der Waals surface area contributed by atoms with Crippen LogP contribution in [0.1, 0.15) is 84.5 Å². The predicted octanol–water partition coefficient (Wildman–Crippen LogP) is 5.02. The summed E-state index contributed by atoms with van der Waals surface area (Å²) in [5, 5.41) is 8.89. The Morgan fingerprint density at radius 3 is 1.71 bits per heavy atom. The van der Waals surface area contributed by atoms with Crippen LogP contribution in [-0.2, 0) is 4.79 Å². The van der Waals surface area contributed by atoms with Gasteiger partial charge >= 0.3 is 5.97 Å². The van der Waals surface area contributed by atoms with Gasteiger partial charge in [-0.1, -0.05) is 65.2 Å². The first-order chi connectivity index (χ1) is 8.20. The standard InChI is InChI=1S/C15H30O2/c1-3-5-7-9-11-14(13-15(16)17)12-10-8-6-4-2/h14H,3-13H2,1-2H3,(H,16,17). The van der Waals surface area contributed by atoms with Crippen molar-refractivity contribution in [2.75, 3.05) is 0 Å². The van der Waals surface area contributed by atoms with Crippen LogP contribution in [0.2, 0.25) is 0 Å². The Labute approximate surface area is 107 Å². The van der Waals surface area contributed by atoms with Crippen LogP contribution in [0.4, 0.5) is 0 Å². The highest BCUT2D eigenvalue weighted by Crippen LogP contribution is 2.21. The van der Waals surface area contributed by atoms with Gasteiger partial charge < -0.3 is 5.11 Å². The van der Waals surface area contributed by atoms with Crippen LogP contribution in [-0.4, -0.2) is 11.1 Å². The van der Waals surface area contributed by atoms with Gasteiger partial charge in [0.15, 0.2) is 0 Å². The van der Waals surface area contributed by atoms with Crippen LogP contribution in [0.3, 0.4) is 0 Å². The minimum absolute atomic E-state index is 0.373. The van der Waals surface area contributed by atoms with Crippen molar-refractivity contribution in [1.29, 1.82) is 0 Å². The average Bonchev–Trinajstić information content (AvgIpc) is 2.29. The van der Waals surface area contributed by atoms with Gasteiger partial charge in [0.05, 0.1) is 0 Å². The van der Waals surface area contributed by atoms with Gasteiger partial charge in [0.2, 0.25) is 0 Å². The van der Waals surface area contributed by atoms with Crippen LogP contribution < -0.4 is 0 Å². The second kappa shape index (κ2) is 11.9. The highest BCUT2D eigenvalue weighted by atomic mass is 16.4. The zero-order valence-electron chi connectivity index (χ0n) is 11.7. The third-order valence-corrected chi connectivity index (χ3v) is 3.40. The number of carbonyl (C=O) groups is 1. The lowest BCUT2D eigenvalue weighted by atomic mass is 9.92. The predicted molar refractivity (Wildman–Crippen MR) is 73.3 cm³/mol. The first-order valence-corrected chi connectivity index (χ1v) is 7.42. The van der Waals surface area contributed by atoms with Gasteiger partial charge in [0.25, 0.3) is 0 Å². The van der Waals surface area contributed by atoms with Gasteiger partial charge in [-0.3, -0.25) is 4.79 Å². The molecule has 1 N–H and O–H groups in total. The third-order valence-electron chi connectivity index (χ3n) is 3.40. The molecule has 0 aliphatic carbocycles. The van der Waals surface area contributed by atoms with Crippen molar-refractivity contribution in [1.82, 2.24) is 0 Å².